The number of imidazole rings is 1. The van der Waals surface area contributed by atoms with Gasteiger partial charge in [0, 0.05) is 11.3 Å². The van der Waals surface area contributed by atoms with Crippen molar-refractivity contribution in [1.29, 1.82) is 0 Å². The maximum Gasteiger partial charge on any atom is 0.146 e. The number of nitrogens with zero attached hydrogens (tertiary/aromatic N) is 2. The van der Waals surface area contributed by atoms with E-state index >= 15 is 0 Å². The Morgan fingerprint density at radius 3 is 1.72 bits per heavy atom. The van der Waals surface area contributed by atoms with Crippen molar-refractivity contribution in [3.63, 3.8) is 0 Å². The molecular formula is C45H30N2. The summed E-state index contributed by atoms with van der Waals surface area (Å²) in [4.78, 5) is 5.10. The van der Waals surface area contributed by atoms with Gasteiger partial charge in [-0.2, -0.15) is 0 Å². The summed E-state index contributed by atoms with van der Waals surface area (Å²) in [6.45, 7) is 0. The molecule has 0 aliphatic carbocycles. The number of aromatic nitrogens is 2. The Kier molecular flexibility index (Phi) is 5.35. The molecule has 0 saturated carbocycles. The van der Waals surface area contributed by atoms with Crippen molar-refractivity contribution in [2.45, 2.75) is 0 Å². The van der Waals surface area contributed by atoms with Crippen LogP contribution in [0.3, 0.4) is 0 Å². The van der Waals surface area contributed by atoms with Crippen LogP contribution in [-0.4, -0.2) is 9.55 Å². The number of hydrogen-bond acceptors (Lipinski definition) is 1. The van der Waals surface area contributed by atoms with Crippen LogP contribution in [0.2, 0.25) is 0 Å². The van der Waals surface area contributed by atoms with Gasteiger partial charge in [0.2, 0.25) is 0 Å². The van der Waals surface area contributed by atoms with Crippen LogP contribution in [0.15, 0.2) is 182 Å². The Hall–Kier alpha value is -6.25. The number of fused-ring (bicyclic) bond motifs is 3. The molecule has 0 aliphatic heterocycles. The first-order valence-electron chi connectivity index (χ1n) is 18.2. The molecule has 0 atom stereocenters. The standard InChI is InChI=1S/C45H30N2/c1-3-16-31(17-4-1)32-18-15-19-33(30-32)43-35-22-7-9-24-37(35)44(38-25-10-8-23-36(38)43)39-26-11-12-27-40(39)45-46-41-28-13-14-29-42(41)47(45)34-20-5-2-6-21-34/h1-30H/i2D,5D,6D,20D,21D. The maximum absolute atomic E-state index is 8.93. The number of rotatable bonds is 5. The molecule has 1 aromatic heterocycles. The van der Waals surface area contributed by atoms with E-state index in [1.54, 1.807) is 4.57 Å². The van der Waals surface area contributed by atoms with Gasteiger partial charge in [-0.05, 0) is 85.2 Å². The molecule has 8 aromatic carbocycles. The molecule has 9 rings (SSSR count). The summed E-state index contributed by atoms with van der Waals surface area (Å²) in [5.41, 5.74) is 8.67. The zero-order valence-electron chi connectivity index (χ0n) is 30.3. The maximum atomic E-state index is 8.93. The minimum absolute atomic E-state index is 0.0628. The van der Waals surface area contributed by atoms with Crippen LogP contribution in [0.25, 0.3) is 83.0 Å². The van der Waals surface area contributed by atoms with Crippen LogP contribution in [-0.2, 0) is 0 Å². The van der Waals surface area contributed by atoms with Gasteiger partial charge in [0.15, 0.2) is 0 Å². The molecule has 0 N–H and O–H groups in total. The van der Waals surface area contributed by atoms with Crippen molar-refractivity contribution in [2.24, 2.45) is 0 Å². The monoisotopic (exact) mass is 603 g/mol. The minimum Gasteiger partial charge on any atom is -0.292 e. The smallest absolute Gasteiger partial charge is 0.146 e. The van der Waals surface area contributed by atoms with Crippen molar-refractivity contribution in [3.05, 3.63) is 182 Å². The van der Waals surface area contributed by atoms with E-state index in [1.807, 2.05) is 48.5 Å². The van der Waals surface area contributed by atoms with E-state index < -0.39 is 18.1 Å². The van der Waals surface area contributed by atoms with Gasteiger partial charge in [0.05, 0.1) is 17.9 Å². The fourth-order valence-corrected chi connectivity index (χ4v) is 6.90. The first-order valence-corrected chi connectivity index (χ1v) is 15.7. The van der Waals surface area contributed by atoms with Gasteiger partial charge in [-0.25, -0.2) is 4.98 Å². The molecule has 220 valence electrons. The van der Waals surface area contributed by atoms with Gasteiger partial charge in [-0.3, -0.25) is 4.57 Å². The molecule has 0 amide bonds. The van der Waals surface area contributed by atoms with Crippen molar-refractivity contribution >= 4 is 32.6 Å². The van der Waals surface area contributed by atoms with Gasteiger partial charge in [-0.15, -0.1) is 0 Å². The molecule has 0 bridgehead atoms. The van der Waals surface area contributed by atoms with Crippen LogP contribution >= 0.6 is 0 Å². The Morgan fingerprint density at radius 2 is 1.00 bits per heavy atom. The third-order valence-electron chi connectivity index (χ3n) is 8.90. The van der Waals surface area contributed by atoms with Crippen LogP contribution in [0.5, 0.6) is 0 Å². The number of hydrogen-bond donors (Lipinski definition) is 0. The molecule has 0 radical (unpaired) electrons. The zero-order chi connectivity index (χ0) is 35.5. The molecule has 0 unspecified atom stereocenters. The Balaban J connectivity index is 1.36. The summed E-state index contributed by atoms with van der Waals surface area (Å²) in [5.74, 6) is 0.489. The third-order valence-corrected chi connectivity index (χ3v) is 8.90. The SMILES string of the molecule is [2H]c1c([2H])c([2H])c(-n2c(-c3ccccc3-c3c4ccccc4c(-c4cccc(-c5ccccc5)c4)c4ccccc34)nc3ccccc32)c([2H])c1[2H]. The van der Waals surface area contributed by atoms with Gasteiger partial charge in [0.1, 0.15) is 5.82 Å². The van der Waals surface area contributed by atoms with Crippen molar-refractivity contribution in [1.82, 2.24) is 9.55 Å². The molecule has 0 spiro atoms. The van der Waals surface area contributed by atoms with Crippen molar-refractivity contribution < 1.29 is 6.85 Å². The Labute approximate surface area is 280 Å². The first kappa shape index (κ1) is 22.3. The lowest BCUT2D eigenvalue weighted by atomic mass is 9.84. The second kappa shape index (κ2) is 11.3. The van der Waals surface area contributed by atoms with Crippen molar-refractivity contribution in [2.75, 3.05) is 0 Å². The predicted octanol–water partition coefficient (Wildman–Crippen LogP) is 12.0. The number of benzene rings is 8. The normalized spacial score (nSPS) is 12.9. The Morgan fingerprint density at radius 1 is 0.447 bits per heavy atom. The molecule has 0 fully saturated rings. The van der Waals surface area contributed by atoms with Crippen molar-refractivity contribution in [3.8, 4) is 50.5 Å². The van der Waals surface area contributed by atoms with E-state index in [9.17, 15) is 0 Å². The fourth-order valence-electron chi connectivity index (χ4n) is 6.90. The van der Waals surface area contributed by atoms with Gasteiger partial charge in [0.25, 0.3) is 0 Å². The summed E-state index contributed by atoms with van der Waals surface area (Å²) in [6.07, 6.45) is 0. The molecule has 2 nitrogen and oxygen atoms in total. The summed E-state index contributed by atoms with van der Waals surface area (Å²) < 4.78 is 44.8. The molecular weight excluding hydrogens is 569 g/mol. The van der Waals surface area contributed by atoms with Crippen LogP contribution in [0.4, 0.5) is 0 Å². The largest absolute Gasteiger partial charge is 0.292 e. The molecule has 1 heterocycles. The first-order chi connectivity index (χ1) is 25.4. The summed E-state index contributed by atoms with van der Waals surface area (Å²) in [6, 6.07) is 49.9. The lowest BCUT2D eigenvalue weighted by Crippen LogP contribution is -1.99. The summed E-state index contributed by atoms with van der Waals surface area (Å²) in [5, 5.41) is 4.35. The zero-order valence-corrected chi connectivity index (χ0v) is 25.3. The van der Waals surface area contributed by atoms with Gasteiger partial charge >= 0.3 is 0 Å². The Bertz CT molecular complexity index is 2770. The third kappa shape index (κ3) is 4.54. The van der Waals surface area contributed by atoms with Crippen LogP contribution in [0.1, 0.15) is 6.85 Å². The van der Waals surface area contributed by atoms with E-state index in [-0.39, 0.29) is 17.8 Å². The predicted molar refractivity (Wildman–Crippen MR) is 198 cm³/mol. The fraction of sp³-hybridized carbons (Fsp3) is 0. The van der Waals surface area contributed by atoms with E-state index in [2.05, 4.69) is 103 Å². The minimum atomic E-state index is -0.433. The molecule has 2 heteroatoms. The van der Waals surface area contributed by atoms with Crippen LogP contribution < -0.4 is 0 Å². The van der Waals surface area contributed by atoms with E-state index in [0.717, 1.165) is 60.5 Å². The quantitative estimate of drug-likeness (QED) is 0.179. The topological polar surface area (TPSA) is 17.8 Å². The second-order valence-corrected chi connectivity index (χ2v) is 11.6. The second-order valence-electron chi connectivity index (χ2n) is 11.6. The highest BCUT2D eigenvalue weighted by Gasteiger charge is 2.22. The summed E-state index contributed by atoms with van der Waals surface area (Å²) >= 11 is 0. The van der Waals surface area contributed by atoms with E-state index in [1.165, 1.54) is 0 Å². The molecule has 0 aliphatic rings. The summed E-state index contributed by atoms with van der Waals surface area (Å²) in [7, 11) is 0. The average molecular weight is 604 g/mol. The highest BCUT2D eigenvalue weighted by molar-refractivity contribution is 6.22. The lowest BCUT2D eigenvalue weighted by molar-refractivity contribution is 1.10. The van der Waals surface area contributed by atoms with E-state index in [4.69, 9.17) is 11.8 Å². The van der Waals surface area contributed by atoms with E-state index in [0.29, 0.717) is 16.9 Å². The molecule has 47 heavy (non-hydrogen) atoms. The van der Waals surface area contributed by atoms with Crippen LogP contribution in [0, 0.1) is 0 Å². The average Bonchev–Trinajstić information content (AvgIpc) is 3.58. The molecule has 9 aromatic rings. The highest BCUT2D eigenvalue weighted by Crippen LogP contribution is 2.46. The molecule has 0 saturated heterocycles. The number of para-hydroxylation sites is 3. The highest BCUT2D eigenvalue weighted by atomic mass is 15.1. The van der Waals surface area contributed by atoms with Gasteiger partial charge in [-0.1, -0.05) is 152 Å². The van der Waals surface area contributed by atoms with Gasteiger partial charge < -0.3 is 0 Å². The lowest BCUT2D eigenvalue weighted by Gasteiger charge is -2.20.